The van der Waals surface area contributed by atoms with Crippen molar-refractivity contribution in [1.29, 1.82) is 0 Å². The van der Waals surface area contributed by atoms with E-state index in [2.05, 4.69) is 20.0 Å². The molecule has 0 spiro atoms. The lowest BCUT2D eigenvalue weighted by Crippen LogP contribution is -2.50. The van der Waals surface area contributed by atoms with Crippen LogP contribution >= 0.6 is 0 Å². The Morgan fingerprint density at radius 3 is 3.03 bits per heavy atom. The number of rotatable bonds is 1. The molecule has 1 aromatic heterocycles. The number of ether oxygens (including phenoxy) is 3. The molecule has 32 heavy (non-hydrogen) atoms. The fraction of sp³-hybridized carbons (Fsp3) is 0.409. The first-order chi connectivity index (χ1) is 15.6. The molecule has 3 heterocycles. The van der Waals surface area contributed by atoms with E-state index in [9.17, 15) is 9.59 Å². The summed E-state index contributed by atoms with van der Waals surface area (Å²) >= 11 is 0. The van der Waals surface area contributed by atoms with E-state index in [0.29, 0.717) is 30.2 Å². The lowest BCUT2D eigenvalue weighted by molar-refractivity contribution is -0.135. The van der Waals surface area contributed by atoms with E-state index in [0.717, 1.165) is 24.1 Å². The van der Waals surface area contributed by atoms with Gasteiger partial charge in [-0.15, -0.1) is 0 Å². The molecule has 2 N–H and O–H groups in total. The SMILES string of the molecule is [B]c1ccc2c(c1)OC/C=C\COC[C@H](NC(=O)OC)C(=O)N1CCCC1c1ncc-2[nH]1. The normalized spacial score (nSPS) is 22.4. The Hall–Kier alpha value is -3.27. The first-order valence-electron chi connectivity index (χ1n) is 10.5. The van der Waals surface area contributed by atoms with Crippen molar-refractivity contribution in [3.63, 3.8) is 0 Å². The Kier molecular flexibility index (Phi) is 6.79. The smallest absolute Gasteiger partial charge is 0.407 e. The number of alkyl carbamates (subject to hydrolysis) is 1. The molecule has 2 amide bonds. The highest BCUT2D eigenvalue weighted by Gasteiger charge is 2.36. The second-order valence-electron chi connectivity index (χ2n) is 7.64. The maximum absolute atomic E-state index is 13.3. The van der Waals surface area contributed by atoms with Gasteiger partial charge in [0.2, 0.25) is 5.91 Å². The molecular weight excluding hydrogens is 411 g/mol. The summed E-state index contributed by atoms with van der Waals surface area (Å²) in [6.45, 7) is 1.17. The maximum Gasteiger partial charge on any atom is 0.407 e. The van der Waals surface area contributed by atoms with Crippen LogP contribution in [0.25, 0.3) is 11.3 Å². The van der Waals surface area contributed by atoms with Gasteiger partial charge in [-0.1, -0.05) is 17.6 Å². The van der Waals surface area contributed by atoms with Gasteiger partial charge in [0.05, 0.1) is 38.3 Å². The lowest BCUT2D eigenvalue weighted by Gasteiger charge is -2.28. The number of nitrogens with one attached hydrogen (secondary N) is 2. The number of hydrogen-bond donors (Lipinski definition) is 2. The van der Waals surface area contributed by atoms with E-state index < -0.39 is 12.1 Å². The number of benzene rings is 1. The molecule has 2 aromatic rings. The van der Waals surface area contributed by atoms with Gasteiger partial charge in [0.1, 0.15) is 32.1 Å². The number of carbonyl (C=O) groups excluding carboxylic acids is 2. The third-order valence-corrected chi connectivity index (χ3v) is 5.52. The predicted octanol–water partition coefficient (Wildman–Crippen LogP) is 1.22. The quantitative estimate of drug-likeness (QED) is 0.515. The van der Waals surface area contributed by atoms with Crippen LogP contribution < -0.4 is 15.5 Å². The van der Waals surface area contributed by atoms with Crippen molar-refractivity contribution in [2.45, 2.75) is 24.9 Å². The van der Waals surface area contributed by atoms with E-state index >= 15 is 0 Å². The summed E-state index contributed by atoms with van der Waals surface area (Å²) in [7, 11) is 7.21. The molecule has 9 nitrogen and oxygen atoms in total. The fourth-order valence-electron chi connectivity index (χ4n) is 3.94. The molecule has 2 aliphatic rings. The minimum atomic E-state index is -0.862. The Balaban J connectivity index is 1.67. The molecule has 0 saturated carbocycles. The number of H-pyrrole nitrogens is 1. The number of imidazole rings is 1. The topological polar surface area (TPSA) is 106 Å². The number of aromatic amines is 1. The molecule has 1 fully saturated rings. The monoisotopic (exact) mass is 436 g/mol. The second-order valence-corrected chi connectivity index (χ2v) is 7.64. The molecule has 2 aliphatic heterocycles. The third kappa shape index (κ3) is 4.80. The Bertz CT molecular complexity index is 1010. The molecule has 1 saturated heterocycles. The molecule has 10 heteroatoms. The van der Waals surface area contributed by atoms with E-state index in [1.165, 1.54) is 7.11 Å². The largest absolute Gasteiger partial charge is 0.489 e. The third-order valence-electron chi connectivity index (χ3n) is 5.52. The van der Waals surface area contributed by atoms with E-state index in [1.54, 1.807) is 29.3 Å². The lowest BCUT2D eigenvalue weighted by atomic mass is 9.94. The van der Waals surface area contributed by atoms with Gasteiger partial charge >= 0.3 is 6.09 Å². The van der Waals surface area contributed by atoms with Crippen molar-refractivity contribution < 1.29 is 23.8 Å². The van der Waals surface area contributed by atoms with E-state index in [-0.39, 0.29) is 25.2 Å². The molecule has 0 aliphatic carbocycles. The summed E-state index contributed by atoms with van der Waals surface area (Å²) in [5, 5.41) is 2.58. The minimum Gasteiger partial charge on any atom is -0.489 e. The fourth-order valence-corrected chi connectivity index (χ4v) is 3.94. The Morgan fingerprint density at radius 2 is 2.19 bits per heavy atom. The van der Waals surface area contributed by atoms with Crippen LogP contribution in [0.3, 0.4) is 0 Å². The molecule has 1 unspecified atom stereocenters. The van der Waals surface area contributed by atoms with Crippen LogP contribution in [0.15, 0.2) is 36.5 Å². The average molecular weight is 436 g/mol. The van der Waals surface area contributed by atoms with Crippen LogP contribution in [-0.4, -0.2) is 74.2 Å². The zero-order chi connectivity index (χ0) is 22.5. The zero-order valence-electron chi connectivity index (χ0n) is 17.9. The molecule has 4 rings (SSSR count). The molecule has 166 valence electrons. The van der Waals surface area contributed by atoms with Crippen LogP contribution in [0.4, 0.5) is 4.79 Å². The van der Waals surface area contributed by atoms with Gasteiger partial charge in [-0.2, -0.15) is 0 Å². The van der Waals surface area contributed by atoms with Gasteiger partial charge in [-0.05, 0) is 31.1 Å². The summed E-state index contributed by atoms with van der Waals surface area (Å²) in [6.07, 6.45) is 6.26. The van der Waals surface area contributed by atoms with E-state index in [4.69, 9.17) is 17.3 Å². The Morgan fingerprint density at radius 1 is 1.34 bits per heavy atom. The maximum atomic E-state index is 13.3. The Labute approximate surface area is 187 Å². The number of nitrogens with zero attached hydrogens (tertiary/aromatic N) is 2. The summed E-state index contributed by atoms with van der Waals surface area (Å²) < 4.78 is 16.2. The number of amides is 2. The van der Waals surface area contributed by atoms with Gasteiger partial charge in [0, 0.05) is 12.1 Å². The van der Waals surface area contributed by atoms with Crippen LogP contribution in [0.1, 0.15) is 24.7 Å². The van der Waals surface area contributed by atoms with Crippen molar-refractivity contribution in [3.8, 4) is 17.0 Å². The van der Waals surface area contributed by atoms with Crippen LogP contribution in [0.2, 0.25) is 0 Å². The van der Waals surface area contributed by atoms with Crippen molar-refractivity contribution in [3.05, 3.63) is 42.4 Å². The van der Waals surface area contributed by atoms with Crippen molar-refractivity contribution in [2.75, 3.05) is 33.5 Å². The van der Waals surface area contributed by atoms with Crippen molar-refractivity contribution in [2.24, 2.45) is 0 Å². The highest BCUT2D eigenvalue weighted by atomic mass is 16.5. The van der Waals surface area contributed by atoms with Gasteiger partial charge < -0.3 is 29.4 Å². The summed E-state index contributed by atoms with van der Waals surface area (Å²) in [5.74, 6) is 1.08. The number of fused-ring (bicyclic) bond motifs is 6. The zero-order valence-corrected chi connectivity index (χ0v) is 17.9. The highest BCUT2D eigenvalue weighted by molar-refractivity contribution is 6.32. The summed E-state index contributed by atoms with van der Waals surface area (Å²) in [5.41, 5.74) is 2.20. The second kappa shape index (κ2) is 9.91. The summed E-state index contributed by atoms with van der Waals surface area (Å²) in [4.78, 5) is 34.7. The number of methoxy groups -OCH3 is 1. The first-order valence-corrected chi connectivity index (χ1v) is 10.5. The number of hydrogen-bond acceptors (Lipinski definition) is 6. The minimum absolute atomic E-state index is 0.0190. The van der Waals surface area contributed by atoms with Gasteiger partial charge in [-0.3, -0.25) is 4.79 Å². The first kappa shape index (κ1) is 21.9. The van der Waals surface area contributed by atoms with E-state index in [1.807, 2.05) is 12.1 Å². The molecule has 2 atom stereocenters. The molecular formula is C22H25BN4O5. The van der Waals surface area contributed by atoms with Crippen LogP contribution in [-0.2, 0) is 14.3 Å². The van der Waals surface area contributed by atoms with Crippen LogP contribution in [0.5, 0.6) is 5.75 Å². The molecule has 2 bridgehead atoms. The standard InChI is InChI=1S/C22H25BN4O5/c1-30-22(29)26-17-13-31-9-2-3-10-32-19-11-14(23)6-7-15(19)16-12-24-20(25-16)18-5-4-8-27(18)21(17)28/h2-3,6-7,11-12,17-18H,4-5,8-10,13H2,1H3,(H,24,25)(H,26,29)/b3-2-/t17-,18?/m0/s1. The van der Waals surface area contributed by atoms with Gasteiger partial charge in [0.15, 0.2) is 0 Å². The van der Waals surface area contributed by atoms with Gasteiger partial charge in [-0.25, -0.2) is 9.78 Å². The summed E-state index contributed by atoms with van der Waals surface area (Å²) in [6, 6.07) is 4.37. The van der Waals surface area contributed by atoms with Crippen LogP contribution in [0, 0.1) is 0 Å². The average Bonchev–Trinajstić information content (AvgIpc) is 3.46. The van der Waals surface area contributed by atoms with Crippen molar-refractivity contribution in [1.82, 2.24) is 20.2 Å². The predicted molar refractivity (Wildman–Crippen MR) is 118 cm³/mol. The number of aromatic nitrogens is 2. The molecule has 2 radical (unpaired) electrons. The highest BCUT2D eigenvalue weighted by Crippen LogP contribution is 2.34. The van der Waals surface area contributed by atoms with Gasteiger partial charge in [0.25, 0.3) is 0 Å². The molecule has 1 aromatic carbocycles. The number of carbonyl (C=O) groups is 2. The van der Waals surface area contributed by atoms with Crippen molar-refractivity contribution >= 4 is 25.3 Å².